The van der Waals surface area contributed by atoms with Crippen LogP contribution in [0.5, 0.6) is 0 Å². The predicted octanol–water partition coefficient (Wildman–Crippen LogP) is 3.56. The smallest absolute Gasteiger partial charge is 0.270 e. The molecular formula is C14H17ClN2O3. The zero-order valence-electron chi connectivity index (χ0n) is 11.3. The number of hydrogen-bond acceptors (Lipinski definition) is 3. The fraction of sp³-hybridized carbons (Fsp3) is 0.500. The minimum atomic E-state index is -0.531. The molecule has 0 radical (unpaired) electrons. The van der Waals surface area contributed by atoms with E-state index in [0.29, 0.717) is 5.92 Å². The second kappa shape index (κ2) is 6.22. The van der Waals surface area contributed by atoms with Gasteiger partial charge in [-0.2, -0.15) is 0 Å². The topological polar surface area (TPSA) is 72.2 Å². The molecule has 0 saturated heterocycles. The molecule has 1 N–H and O–H groups in total. The van der Waals surface area contributed by atoms with Gasteiger partial charge >= 0.3 is 0 Å². The average molecular weight is 297 g/mol. The molecule has 1 aromatic carbocycles. The van der Waals surface area contributed by atoms with Gasteiger partial charge < -0.3 is 5.32 Å². The van der Waals surface area contributed by atoms with Gasteiger partial charge in [-0.25, -0.2) is 0 Å². The summed E-state index contributed by atoms with van der Waals surface area (Å²) < 4.78 is 0. The van der Waals surface area contributed by atoms with Crippen molar-refractivity contribution >= 4 is 23.2 Å². The van der Waals surface area contributed by atoms with Crippen LogP contribution in [0.1, 0.15) is 43.0 Å². The highest BCUT2D eigenvalue weighted by molar-refractivity contribution is 6.34. The zero-order valence-corrected chi connectivity index (χ0v) is 12.0. The van der Waals surface area contributed by atoms with Crippen LogP contribution in [0, 0.1) is 16.0 Å². The van der Waals surface area contributed by atoms with Gasteiger partial charge in [0.15, 0.2) is 0 Å². The number of amides is 1. The molecule has 0 heterocycles. The molecule has 1 aliphatic rings. The lowest BCUT2D eigenvalue weighted by molar-refractivity contribution is -0.384. The number of benzene rings is 1. The van der Waals surface area contributed by atoms with E-state index in [4.69, 9.17) is 11.6 Å². The van der Waals surface area contributed by atoms with Crippen molar-refractivity contribution in [1.29, 1.82) is 0 Å². The van der Waals surface area contributed by atoms with Crippen LogP contribution in [0.25, 0.3) is 0 Å². The van der Waals surface area contributed by atoms with Gasteiger partial charge in [0.1, 0.15) is 0 Å². The van der Waals surface area contributed by atoms with Gasteiger partial charge in [-0.05, 0) is 24.8 Å². The maximum atomic E-state index is 12.2. The third-order valence-corrected chi connectivity index (χ3v) is 4.15. The number of carbonyl (C=O) groups excluding carboxylic acids is 1. The summed E-state index contributed by atoms with van der Waals surface area (Å²) in [5.41, 5.74) is 0.174. The van der Waals surface area contributed by atoms with E-state index in [1.807, 2.05) is 0 Å². The maximum Gasteiger partial charge on any atom is 0.270 e. The van der Waals surface area contributed by atoms with Crippen LogP contribution in [0.2, 0.25) is 5.02 Å². The van der Waals surface area contributed by atoms with Crippen LogP contribution < -0.4 is 5.32 Å². The number of carbonyl (C=O) groups is 1. The standard InChI is InChI=1S/C14H17ClN2O3/c1-9-4-2-3-5-13(9)16-14(18)11-7-6-10(17(19)20)8-12(11)15/h6-9,13H,2-5H2,1H3,(H,16,18)/t9-,13+/m0/s1. The van der Waals surface area contributed by atoms with Crippen LogP contribution in [-0.2, 0) is 0 Å². The van der Waals surface area contributed by atoms with E-state index in [1.165, 1.54) is 24.6 Å². The second-order valence-corrected chi connectivity index (χ2v) is 5.67. The summed E-state index contributed by atoms with van der Waals surface area (Å²) in [6.45, 7) is 2.13. The van der Waals surface area contributed by atoms with Crippen molar-refractivity contribution in [1.82, 2.24) is 5.32 Å². The number of nitrogens with zero attached hydrogens (tertiary/aromatic N) is 1. The van der Waals surface area contributed by atoms with Crippen LogP contribution in [0.3, 0.4) is 0 Å². The predicted molar refractivity (Wildman–Crippen MR) is 77.0 cm³/mol. The molecule has 1 amide bonds. The molecule has 20 heavy (non-hydrogen) atoms. The van der Waals surface area contributed by atoms with Gasteiger partial charge in [0.2, 0.25) is 0 Å². The molecule has 2 atom stereocenters. The van der Waals surface area contributed by atoms with Crippen molar-refractivity contribution in [3.8, 4) is 0 Å². The van der Waals surface area contributed by atoms with E-state index in [1.54, 1.807) is 0 Å². The Labute approximate surface area is 122 Å². The number of nitro groups is 1. The third-order valence-electron chi connectivity index (χ3n) is 3.84. The molecule has 108 valence electrons. The number of nitro benzene ring substituents is 1. The van der Waals surface area contributed by atoms with Crippen LogP contribution in [0.15, 0.2) is 18.2 Å². The van der Waals surface area contributed by atoms with Gasteiger partial charge in [-0.1, -0.05) is 31.4 Å². The first-order valence-corrected chi connectivity index (χ1v) is 7.11. The molecule has 0 spiro atoms. The summed E-state index contributed by atoms with van der Waals surface area (Å²) in [4.78, 5) is 22.3. The summed E-state index contributed by atoms with van der Waals surface area (Å²) in [7, 11) is 0. The first-order valence-electron chi connectivity index (χ1n) is 6.74. The Morgan fingerprint density at radius 1 is 1.40 bits per heavy atom. The lowest BCUT2D eigenvalue weighted by Gasteiger charge is -2.29. The summed E-state index contributed by atoms with van der Waals surface area (Å²) >= 11 is 5.96. The van der Waals surface area contributed by atoms with Crippen LogP contribution >= 0.6 is 11.6 Å². The van der Waals surface area contributed by atoms with Gasteiger partial charge in [0.25, 0.3) is 11.6 Å². The molecule has 1 fully saturated rings. The highest BCUT2D eigenvalue weighted by Crippen LogP contribution is 2.26. The minimum absolute atomic E-state index is 0.111. The molecule has 6 heteroatoms. The van der Waals surface area contributed by atoms with Crippen LogP contribution in [-0.4, -0.2) is 16.9 Å². The normalized spacial score (nSPS) is 22.3. The Morgan fingerprint density at radius 2 is 2.10 bits per heavy atom. The number of halogens is 1. The molecular weight excluding hydrogens is 280 g/mol. The van der Waals surface area contributed by atoms with Gasteiger partial charge in [-0.3, -0.25) is 14.9 Å². The lowest BCUT2D eigenvalue weighted by atomic mass is 9.86. The minimum Gasteiger partial charge on any atom is -0.349 e. The van der Waals surface area contributed by atoms with E-state index < -0.39 is 4.92 Å². The molecule has 1 aromatic rings. The monoisotopic (exact) mass is 296 g/mol. The van der Waals surface area contributed by atoms with E-state index in [9.17, 15) is 14.9 Å². The molecule has 0 bridgehead atoms. The second-order valence-electron chi connectivity index (χ2n) is 5.26. The van der Waals surface area contributed by atoms with Crippen molar-refractivity contribution in [2.75, 3.05) is 0 Å². The largest absolute Gasteiger partial charge is 0.349 e. The van der Waals surface area contributed by atoms with Crippen molar-refractivity contribution in [2.24, 2.45) is 5.92 Å². The molecule has 1 saturated carbocycles. The fourth-order valence-electron chi connectivity index (χ4n) is 2.58. The molecule has 0 unspecified atom stereocenters. The summed E-state index contributed by atoms with van der Waals surface area (Å²) in [5, 5.41) is 13.7. The Balaban J connectivity index is 2.11. The highest BCUT2D eigenvalue weighted by Gasteiger charge is 2.24. The summed E-state index contributed by atoms with van der Waals surface area (Å²) in [6, 6.07) is 4.07. The van der Waals surface area contributed by atoms with Crippen LogP contribution in [0.4, 0.5) is 5.69 Å². The van der Waals surface area contributed by atoms with Gasteiger partial charge in [-0.15, -0.1) is 0 Å². The molecule has 1 aliphatic carbocycles. The van der Waals surface area contributed by atoms with E-state index >= 15 is 0 Å². The van der Waals surface area contributed by atoms with Gasteiger partial charge in [0.05, 0.1) is 15.5 Å². The molecule has 0 aliphatic heterocycles. The van der Waals surface area contributed by atoms with E-state index in [0.717, 1.165) is 19.3 Å². The van der Waals surface area contributed by atoms with Gasteiger partial charge in [0, 0.05) is 18.2 Å². The maximum absolute atomic E-state index is 12.2. The zero-order chi connectivity index (χ0) is 14.7. The average Bonchev–Trinajstić information content (AvgIpc) is 2.41. The quantitative estimate of drug-likeness (QED) is 0.684. The fourth-order valence-corrected chi connectivity index (χ4v) is 2.84. The summed E-state index contributed by atoms with van der Waals surface area (Å²) in [6.07, 6.45) is 4.39. The Morgan fingerprint density at radius 3 is 2.70 bits per heavy atom. The molecule has 5 nitrogen and oxygen atoms in total. The summed E-state index contributed by atoms with van der Waals surface area (Å²) in [5.74, 6) is 0.188. The highest BCUT2D eigenvalue weighted by atomic mass is 35.5. The molecule has 0 aromatic heterocycles. The number of non-ortho nitro benzene ring substituents is 1. The SMILES string of the molecule is C[C@H]1CCCC[C@H]1NC(=O)c1ccc([N+](=O)[O-])cc1Cl. The van der Waals surface area contributed by atoms with Crippen molar-refractivity contribution in [3.05, 3.63) is 38.9 Å². The number of rotatable bonds is 3. The Hall–Kier alpha value is -1.62. The molecule has 2 rings (SSSR count). The third kappa shape index (κ3) is 3.28. The van der Waals surface area contributed by atoms with Crippen molar-refractivity contribution in [2.45, 2.75) is 38.6 Å². The first kappa shape index (κ1) is 14.8. The number of nitrogens with one attached hydrogen (secondary N) is 1. The lowest BCUT2D eigenvalue weighted by Crippen LogP contribution is -2.41. The van der Waals surface area contributed by atoms with E-state index in [2.05, 4.69) is 12.2 Å². The van der Waals surface area contributed by atoms with E-state index in [-0.39, 0.29) is 28.2 Å². The number of hydrogen-bond donors (Lipinski definition) is 1. The van der Waals surface area contributed by atoms with Crippen molar-refractivity contribution < 1.29 is 9.72 Å². The van der Waals surface area contributed by atoms with Crippen molar-refractivity contribution in [3.63, 3.8) is 0 Å². The Bertz CT molecular complexity index is 533. The first-order chi connectivity index (χ1) is 9.49. The Kier molecular flexibility index (Phi) is 4.60.